The van der Waals surface area contributed by atoms with Gasteiger partial charge in [0.2, 0.25) is 0 Å². The molecule has 0 N–H and O–H groups in total. The van der Waals surface area contributed by atoms with Crippen LogP contribution in [0.3, 0.4) is 0 Å². The third-order valence-corrected chi connectivity index (χ3v) is 4.74. The Morgan fingerprint density at radius 2 is 1.69 bits per heavy atom. The zero-order chi connectivity index (χ0) is 20.9. The third-order valence-electron chi connectivity index (χ3n) is 4.74. The maximum atomic E-state index is 5.27. The van der Waals surface area contributed by atoms with E-state index in [1.54, 1.807) is 13.3 Å². The van der Waals surface area contributed by atoms with E-state index in [1.807, 2.05) is 47.1 Å². The van der Waals surface area contributed by atoms with Crippen LogP contribution in [0.25, 0.3) is 22.8 Å². The predicted octanol–water partition coefficient (Wildman–Crippen LogP) is 4.97. The van der Waals surface area contributed by atoms with E-state index >= 15 is 0 Å². The first-order chi connectivity index (χ1) is 14.6. The third kappa shape index (κ3) is 6.07. The van der Waals surface area contributed by atoms with Crippen molar-refractivity contribution in [2.45, 2.75) is 13.1 Å². The Bertz CT molecular complexity index is 1110. The highest BCUT2D eigenvalue weighted by Crippen LogP contribution is 2.25. The van der Waals surface area contributed by atoms with Crippen molar-refractivity contribution in [2.24, 2.45) is 0 Å². The molecule has 6 nitrogen and oxygen atoms in total. The zero-order valence-electron chi connectivity index (χ0n) is 18.3. The fraction of sp³-hybridized carbons (Fsp3) is 0.208. The van der Waals surface area contributed by atoms with Gasteiger partial charge < -0.3 is 9.64 Å². The molecule has 168 valence electrons. The van der Waals surface area contributed by atoms with E-state index in [9.17, 15) is 0 Å². The first-order valence-electron chi connectivity index (χ1n) is 9.85. The van der Waals surface area contributed by atoms with Gasteiger partial charge in [0.1, 0.15) is 5.75 Å². The molecule has 0 unspecified atom stereocenters. The zero-order valence-corrected chi connectivity index (χ0v) is 19.9. The topological polar surface area (TPSA) is 56.1 Å². The summed E-state index contributed by atoms with van der Waals surface area (Å²) in [7, 11) is 5.80. The van der Waals surface area contributed by atoms with Crippen molar-refractivity contribution in [3.8, 4) is 28.5 Å². The molecule has 2 heterocycles. The molecule has 32 heavy (non-hydrogen) atoms. The Morgan fingerprint density at radius 3 is 2.34 bits per heavy atom. The molecule has 8 heteroatoms. The fourth-order valence-electron chi connectivity index (χ4n) is 3.35. The Kier molecular flexibility index (Phi) is 9.20. The number of benzene rings is 2. The van der Waals surface area contributed by atoms with Crippen molar-refractivity contribution < 1.29 is 4.74 Å². The normalized spacial score (nSPS) is 10.4. The minimum Gasteiger partial charge on any atom is -0.497 e. The number of pyridine rings is 1. The number of rotatable bonds is 7. The first-order valence-corrected chi connectivity index (χ1v) is 9.85. The van der Waals surface area contributed by atoms with Gasteiger partial charge in [-0.05, 0) is 62.1 Å². The van der Waals surface area contributed by atoms with Gasteiger partial charge in [0.25, 0.3) is 0 Å². The van der Waals surface area contributed by atoms with Crippen LogP contribution >= 0.6 is 24.8 Å². The summed E-state index contributed by atoms with van der Waals surface area (Å²) < 4.78 is 7.20. The van der Waals surface area contributed by atoms with Gasteiger partial charge in [-0.25, -0.2) is 9.67 Å². The molecule has 0 saturated heterocycles. The second-order valence-corrected chi connectivity index (χ2v) is 7.40. The summed E-state index contributed by atoms with van der Waals surface area (Å²) in [4.78, 5) is 11.5. The van der Waals surface area contributed by atoms with E-state index in [-0.39, 0.29) is 24.8 Å². The average molecular weight is 472 g/mol. The molecule has 0 fully saturated rings. The minimum absolute atomic E-state index is 0. The molecular weight excluding hydrogens is 445 g/mol. The highest BCUT2D eigenvalue weighted by molar-refractivity contribution is 5.85. The smallest absolute Gasteiger partial charge is 0.181 e. The number of hydrogen-bond donors (Lipinski definition) is 0. The monoisotopic (exact) mass is 471 g/mol. The van der Waals surface area contributed by atoms with Crippen molar-refractivity contribution in [1.82, 2.24) is 24.6 Å². The molecule has 2 aromatic heterocycles. The molecule has 0 spiro atoms. The van der Waals surface area contributed by atoms with Crippen LogP contribution in [-0.4, -0.2) is 45.9 Å². The van der Waals surface area contributed by atoms with E-state index in [2.05, 4.69) is 48.2 Å². The van der Waals surface area contributed by atoms with Gasteiger partial charge >= 0.3 is 0 Å². The van der Waals surface area contributed by atoms with Crippen LogP contribution in [0.5, 0.6) is 5.75 Å². The van der Waals surface area contributed by atoms with Crippen LogP contribution in [0, 0.1) is 0 Å². The van der Waals surface area contributed by atoms with E-state index in [0.717, 1.165) is 34.9 Å². The van der Waals surface area contributed by atoms with E-state index in [0.29, 0.717) is 12.4 Å². The molecule has 0 bridgehead atoms. The number of halogens is 2. The number of nitrogens with zero attached hydrogens (tertiary/aromatic N) is 5. The highest BCUT2D eigenvalue weighted by Gasteiger charge is 2.15. The summed E-state index contributed by atoms with van der Waals surface area (Å²) in [5.74, 6) is 2.32. The Hall–Kier alpha value is -2.93. The molecule has 4 rings (SSSR count). The van der Waals surface area contributed by atoms with Crippen LogP contribution < -0.4 is 4.74 Å². The van der Waals surface area contributed by atoms with E-state index in [1.165, 1.54) is 5.56 Å². The Morgan fingerprint density at radius 1 is 0.906 bits per heavy atom. The lowest BCUT2D eigenvalue weighted by Gasteiger charge is -2.11. The van der Waals surface area contributed by atoms with Crippen LogP contribution in [0.1, 0.15) is 11.3 Å². The van der Waals surface area contributed by atoms with Crippen LogP contribution in [-0.2, 0) is 13.1 Å². The van der Waals surface area contributed by atoms with Crippen LogP contribution in [0.2, 0.25) is 0 Å². The van der Waals surface area contributed by atoms with Crippen LogP contribution in [0.4, 0.5) is 0 Å². The summed E-state index contributed by atoms with van der Waals surface area (Å²) in [6.07, 6.45) is 1.80. The minimum atomic E-state index is 0. The van der Waals surface area contributed by atoms with Gasteiger partial charge in [0.15, 0.2) is 11.6 Å². The maximum Gasteiger partial charge on any atom is 0.181 e. The number of methoxy groups -OCH3 is 1. The molecule has 2 aromatic carbocycles. The van der Waals surface area contributed by atoms with E-state index in [4.69, 9.17) is 14.8 Å². The molecule has 0 saturated carbocycles. The van der Waals surface area contributed by atoms with Gasteiger partial charge in [0.05, 0.1) is 19.3 Å². The number of aromatic nitrogens is 4. The molecule has 4 aromatic rings. The Labute approximate surface area is 201 Å². The Balaban J connectivity index is 0.00000181. The van der Waals surface area contributed by atoms with Gasteiger partial charge in [0, 0.05) is 23.9 Å². The van der Waals surface area contributed by atoms with Crippen molar-refractivity contribution >= 4 is 24.8 Å². The van der Waals surface area contributed by atoms with E-state index < -0.39 is 0 Å². The lowest BCUT2D eigenvalue weighted by atomic mass is 10.1. The summed E-state index contributed by atoms with van der Waals surface area (Å²) in [5, 5.41) is 4.81. The summed E-state index contributed by atoms with van der Waals surface area (Å²) in [6, 6.07) is 22.2. The molecule has 0 amide bonds. The molecule has 0 aliphatic rings. The van der Waals surface area contributed by atoms with Gasteiger partial charge in [-0.1, -0.05) is 24.3 Å². The second kappa shape index (κ2) is 11.6. The molecule has 0 atom stereocenters. The highest BCUT2D eigenvalue weighted by atomic mass is 35.5. The molecule has 0 radical (unpaired) electrons. The SMILES string of the molecule is COc1ccc(-c2nc(-c3cccc(CN(C)C)c3)n(Cc3ccccn3)n2)cc1.Cl.Cl. The number of hydrogen-bond acceptors (Lipinski definition) is 5. The summed E-state index contributed by atoms with van der Waals surface area (Å²) >= 11 is 0. The lowest BCUT2D eigenvalue weighted by Crippen LogP contribution is -2.10. The van der Waals surface area contributed by atoms with Gasteiger partial charge in [-0.2, -0.15) is 5.10 Å². The van der Waals surface area contributed by atoms with Crippen LogP contribution in [0.15, 0.2) is 72.9 Å². The number of ether oxygens (including phenoxy) is 1. The summed E-state index contributed by atoms with van der Waals surface area (Å²) in [6.45, 7) is 1.42. The largest absolute Gasteiger partial charge is 0.497 e. The second-order valence-electron chi connectivity index (χ2n) is 7.40. The van der Waals surface area contributed by atoms with Crippen molar-refractivity contribution in [3.05, 3.63) is 84.2 Å². The predicted molar refractivity (Wildman–Crippen MR) is 133 cm³/mol. The molecular formula is C24H27Cl2N5O. The van der Waals surface area contributed by atoms with Gasteiger partial charge in [-0.15, -0.1) is 24.8 Å². The van der Waals surface area contributed by atoms with Crippen molar-refractivity contribution in [2.75, 3.05) is 21.2 Å². The summed E-state index contributed by atoms with van der Waals surface area (Å²) in [5.41, 5.74) is 4.16. The quantitative estimate of drug-likeness (QED) is 0.380. The van der Waals surface area contributed by atoms with Crippen molar-refractivity contribution in [3.63, 3.8) is 0 Å². The first kappa shape index (κ1) is 25.3. The fourth-order valence-corrected chi connectivity index (χ4v) is 3.35. The lowest BCUT2D eigenvalue weighted by molar-refractivity contribution is 0.402. The molecule has 0 aliphatic heterocycles. The maximum absolute atomic E-state index is 5.27. The molecule has 0 aliphatic carbocycles. The average Bonchev–Trinajstić information content (AvgIpc) is 3.18. The standard InChI is InChI=1S/C24H25N5O.2ClH/c1-28(2)16-18-7-6-8-20(15-18)24-26-23(19-10-12-22(30-3)13-11-19)27-29(24)17-21-9-4-5-14-25-21;;/h4-15H,16-17H2,1-3H3;2*1H. The van der Waals surface area contributed by atoms with Gasteiger partial charge in [-0.3, -0.25) is 4.98 Å². The van der Waals surface area contributed by atoms with Crippen molar-refractivity contribution in [1.29, 1.82) is 0 Å².